The van der Waals surface area contributed by atoms with E-state index in [-0.39, 0.29) is 6.04 Å². The molecule has 1 aliphatic rings. The van der Waals surface area contributed by atoms with Crippen molar-refractivity contribution in [3.05, 3.63) is 12.2 Å². The Morgan fingerprint density at radius 1 is 1.41 bits per heavy atom. The quantitative estimate of drug-likeness (QED) is 0.826. The second kappa shape index (κ2) is 5.60. The van der Waals surface area contributed by atoms with Gasteiger partial charge in [0, 0.05) is 6.04 Å². The number of hydrogen-bond donors (Lipinski definition) is 2. The zero-order chi connectivity index (χ0) is 12.3. The molecule has 2 rings (SSSR count). The van der Waals surface area contributed by atoms with Crippen LogP contribution in [-0.2, 0) is 0 Å². The number of aromatic nitrogens is 3. The molecule has 0 radical (unpaired) electrons. The fraction of sp³-hybridized carbons (Fsp3) is 0.833. The van der Waals surface area contributed by atoms with Crippen molar-refractivity contribution < 1.29 is 0 Å². The second-order valence-electron chi connectivity index (χ2n) is 5.19. The summed E-state index contributed by atoms with van der Waals surface area (Å²) in [7, 11) is 2.20. The second-order valence-corrected chi connectivity index (χ2v) is 5.19. The molecule has 17 heavy (non-hydrogen) atoms. The van der Waals surface area contributed by atoms with Crippen molar-refractivity contribution in [1.82, 2.24) is 25.4 Å². The topological polar surface area (TPSA) is 56.8 Å². The van der Waals surface area contributed by atoms with Crippen LogP contribution in [0, 0.1) is 5.92 Å². The van der Waals surface area contributed by atoms with Gasteiger partial charge in [-0.05, 0) is 52.7 Å². The van der Waals surface area contributed by atoms with Crippen LogP contribution < -0.4 is 5.32 Å². The van der Waals surface area contributed by atoms with Gasteiger partial charge in [0.05, 0.1) is 6.04 Å². The highest BCUT2D eigenvalue weighted by molar-refractivity contribution is 4.91. The fourth-order valence-electron chi connectivity index (χ4n) is 2.56. The average molecular weight is 237 g/mol. The molecule has 1 saturated heterocycles. The lowest BCUT2D eigenvalue weighted by molar-refractivity contribution is 0.184. The third kappa shape index (κ3) is 3.26. The number of nitrogens with zero attached hydrogens (tertiary/aromatic N) is 3. The molecular weight excluding hydrogens is 214 g/mol. The minimum atomic E-state index is 0.243. The van der Waals surface area contributed by atoms with Gasteiger partial charge in [-0.15, -0.1) is 0 Å². The van der Waals surface area contributed by atoms with Crippen molar-refractivity contribution in [3.8, 4) is 0 Å². The van der Waals surface area contributed by atoms with Crippen molar-refractivity contribution in [2.75, 3.05) is 20.1 Å². The van der Waals surface area contributed by atoms with E-state index in [0.717, 1.165) is 11.7 Å². The molecule has 2 atom stereocenters. The highest BCUT2D eigenvalue weighted by Crippen LogP contribution is 2.21. The summed E-state index contributed by atoms with van der Waals surface area (Å²) >= 11 is 0. The Morgan fingerprint density at radius 2 is 2.12 bits per heavy atom. The first kappa shape index (κ1) is 12.5. The Kier molecular flexibility index (Phi) is 4.12. The van der Waals surface area contributed by atoms with E-state index >= 15 is 0 Å². The molecule has 1 aromatic rings. The van der Waals surface area contributed by atoms with E-state index in [4.69, 9.17) is 0 Å². The van der Waals surface area contributed by atoms with Crippen molar-refractivity contribution in [2.24, 2.45) is 5.92 Å². The molecule has 0 amide bonds. The van der Waals surface area contributed by atoms with Crippen LogP contribution in [0.15, 0.2) is 6.33 Å². The summed E-state index contributed by atoms with van der Waals surface area (Å²) in [6, 6.07) is 0.774. The lowest BCUT2D eigenvalue weighted by Crippen LogP contribution is -2.41. The number of likely N-dealkylation sites (tertiary alicyclic amines) is 1. The van der Waals surface area contributed by atoms with Crippen LogP contribution in [-0.4, -0.2) is 46.3 Å². The Bertz CT molecular complexity index is 316. The van der Waals surface area contributed by atoms with E-state index in [1.54, 1.807) is 6.33 Å². The first-order chi connectivity index (χ1) is 8.16. The molecule has 2 N–H and O–H groups in total. The lowest BCUT2D eigenvalue weighted by atomic mass is 9.90. The maximum absolute atomic E-state index is 4.19. The van der Waals surface area contributed by atoms with Gasteiger partial charge in [0.15, 0.2) is 0 Å². The van der Waals surface area contributed by atoms with Crippen molar-refractivity contribution in [2.45, 2.75) is 38.8 Å². The molecule has 2 heterocycles. The van der Waals surface area contributed by atoms with E-state index in [1.165, 1.54) is 25.9 Å². The van der Waals surface area contributed by atoms with Gasteiger partial charge >= 0.3 is 0 Å². The normalized spacial score (nSPS) is 22.5. The number of rotatable bonds is 4. The van der Waals surface area contributed by atoms with Gasteiger partial charge < -0.3 is 10.2 Å². The summed E-state index contributed by atoms with van der Waals surface area (Å²) in [5.41, 5.74) is 0. The van der Waals surface area contributed by atoms with Gasteiger partial charge in [-0.1, -0.05) is 0 Å². The molecule has 1 fully saturated rings. The third-order valence-electron chi connectivity index (χ3n) is 3.83. The number of nitrogens with one attached hydrogen (secondary N) is 2. The van der Waals surface area contributed by atoms with E-state index < -0.39 is 0 Å². The molecule has 0 bridgehead atoms. The molecule has 1 aliphatic heterocycles. The minimum absolute atomic E-state index is 0.243. The fourth-order valence-corrected chi connectivity index (χ4v) is 2.56. The molecule has 0 aromatic carbocycles. The molecule has 0 spiro atoms. The smallest absolute Gasteiger partial charge is 0.141 e. The number of H-pyrrole nitrogens is 1. The summed E-state index contributed by atoms with van der Waals surface area (Å²) in [6.07, 6.45) is 4.13. The van der Waals surface area contributed by atoms with Crippen LogP contribution in [0.25, 0.3) is 0 Å². The average Bonchev–Trinajstić information content (AvgIpc) is 2.83. The monoisotopic (exact) mass is 237 g/mol. The minimum Gasteiger partial charge on any atom is -0.306 e. The number of piperidine rings is 1. The predicted octanol–water partition coefficient (Wildman–Crippen LogP) is 1.19. The summed E-state index contributed by atoms with van der Waals surface area (Å²) in [6.45, 7) is 6.84. The first-order valence-corrected chi connectivity index (χ1v) is 6.46. The summed E-state index contributed by atoms with van der Waals surface area (Å²) < 4.78 is 0. The van der Waals surface area contributed by atoms with Crippen molar-refractivity contribution >= 4 is 0 Å². The highest BCUT2D eigenvalue weighted by Gasteiger charge is 2.23. The molecule has 1 aromatic heterocycles. The first-order valence-electron chi connectivity index (χ1n) is 6.46. The van der Waals surface area contributed by atoms with E-state index in [2.05, 4.69) is 46.3 Å². The Labute approximate surface area is 103 Å². The van der Waals surface area contributed by atoms with Gasteiger partial charge in [-0.3, -0.25) is 5.10 Å². The SMILES string of the molecule is CC(NC(C)C1CCN(C)CC1)c1ncn[nH]1. The Hall–Kier alpha value is -0.940. The van der Waals surface area contributed by atoms with Crippen LogP contribution in [0.1, 0.15) is 38.6 Å². The van der Waals surface area contributed by atoms with Gasteiger partial charge in [-0.2, -0.15) is 5.10 Å². The molecule has 2 unspecified atom stereocenters. The molecule has 0 aliphatic carbocycles. The van der Waals surface area contributed by atoms with Crippen LogP contribution in [0.5, 0.6) is 0 Å². The van der Waals surface area contributed by atoms with Gasteiger partial charge in [-0.25, -0.2) is 4.98 Å². The molecule has 96 valence electrons. The molecule has 5 heteroatoms. The summed E-state index contributed by atoms with van der Waals surface area (Å²) in [5, 5.41) is 10.4. The van der Waals surface area contributed by atoms with Crippen LogP contribution in [0.2, 0.25) is 0 Å². The Morgan fingerprint density at radius 3 is 2.71 bits per heavy atom. The number of hydrogen-bond acceptors (Lipinski definition) is 4. The highest BCUT2D eigenvalue weighted by atomic mass is 15.2. The number of aromatic amines is 1. The largest absolute Gasteiger partial charge is 0.306 e. The van der Waals surface area contributed by atoms with E-state index in [9.17, 15) is 0 Å². The maximum atomic E-state index is 4.19. The zero-order valence-electron chi connectivity index (χ0n) is 11.0. The van der Waals surface area contributed by atoms with Gasteiger partial charge in [0.1, 0.15) is 12.2 Å². The van der Waals surface area contributed by atoms with Crippen LogP contribution in [0.3, 0.4) is 0 Å². The summed E-state index contributed by atoms with van der Waals surface area (Å²) in [4.78, 5) is 6.59. The van der Waals surface area contributed by atoms with E-state index in [0.29, 0.717) is 6.04 Å². The maximum Gasteiger partial charge on any atom is 0.141 e. The van der Waals surface area contributed by atoms with Crippen LogP contribution >= 0.6 is 0 Å². The van der Waals surface area contributed by atoms with Crippen molar-refractivity contribution in [1.29, 1.82) is 0 Å². The predicted molar refractivity (Wildman–Crippen MR) is 67.6 cm³/mol. The van der Waals surface area contributed by atoms with Crippen LogP contribution in [0.4, 0.5) is 0 Å². The lowest BCUT2D eigenvalue weighted by Gasteiger charge is -2.34. The van der Waals surface area contributed by atoms with Gasteiger partial charge in [0.2, 0.25) is 0 Å². The zero-order valence-corrected chi connectivity index (χ0v) is 11.0. The molecule has 5 nitrogen and oxygen atoms in total. The van der Waals surface area contributed by atoms with Crippen molar-refractivity contribution in [3.63, 3.8) is 0 Å². The van der Waals surface area contributed by atoms with E-state index in [1.807, 2.05) is 0 Å². The Balaban J connectivity index is 1.82. The third-order valence-corrected chi connectivity index (χ3v) is 3.83. The summed E-state index contributed by atoms with van der Waals surface area (Å²) in [5.74, 6) is 1.70. The molecule has 0 saturated carbocycles. The standard InChI is InChI=1S/C12H23N5/c1-9(11-4-6-17(3)7-5-11)15-10(2)12-13-8-14-16-12/h8-11,15H,4-7H2,1-3H3,(H,13,14,16). The molecular formula is C12H23N5. The van der Waals surface area contributed by atoms with Gasteiger partial charge in [0.25, 0.3) is 0 Å².